The molecule has 1 saturated heterocycles. The van der Waals surface area contributed by atoms with Gasteiger partial charge in [-0.15, -0.1) is 6.58 Å². The van der Waals surface area contributed by atoms with E-state index in [0.717, 1.165) is 4.90 Å². The Bertz CT molecular complexity index is 598. The normalized spacial score (nSPS) is 17.8. The standard InChI is InChI=1S/C13H12N2O4/c1-3-6-15-12(17)10(11(16)14-13(15)18)7-9-5-4-8(2)19-9/h3-5,7H,1,6H2,2H3,(H,14,16,18)/b10-7-. The molecule has 0 unspecified atom stereocenters. The summed E-state index contributed by atoms with van der Waals surface area (Å²) in [6.45, 7) is 5.24. The third-order valence-corrected chi connectivity index (χ3v) is 2.55. The molecule has 0 aromatic carbocycles. The van der Waals surface area contributed by atoms with Crippen LogP contribution in [0.4, 0.5) is 4.79 Å². The lowest BCUT2D eigenvalue weighted by Crippen LogP contribution is -2.54. The van der Waals surface area contributed by atoms with Gasteiger partial charge in [-0.3, -0.25) is 19.8 Å². The molecule has 0 radical (unpaired) electrons. The van der Waals surface area contributed by atoms with E-state index < -0.39 is 17.8 Å². The molecular formula is C13H12N2O4. The molecular weight excluding hydrogens is 248 g/mol. The van der Waals surface area contributed by atoms with E-state index in [1.54, 1.807) is 19.1 Å². The van der Waals surface area contributed by atoms with Crippen molar-refractivity contribution < 1.29 is 18.8 Å². The largest absolute Gasteiger partial charge is 0.462 e. The molecule has 0 aliphatic carbocycles. The molecule has 1 fully saturated rings. The van der Waals surface area contributed by atoms with Gasteiger partial charge >= 0.3 is 6.03 Å². The van der Waals surface area contributed by atoms with Gasteiger partial charge in [0.15, 0.2) is 0 Å². The van der Waals surface area contributed by atoms with E-state index >= 15 is 0 Å². The van der Waals surface area contributed by atoms with Gasteiger partial charge in [0.05, 0.1) is 0 Å². The van der Waals surface area contributed by atoms with Crippen molar-refractivity contribution in [1.82, 2.24) is 10.2 Å². The highest BCUT2D eigenvalue weighted by Crippen LogP contribution is 2.16. The van der Waals surface area contributed by atoms with Gasteiger partial charge in [-0.25, -0.2) is 4.79 Å². The number of amides is 4. The molecule has 2 rings (SSSR count). The lowest BCUT2D eigenvalue weighted by Gasteiger charge is -2.24. The molecule has 0 atom stereocenters. The molecule has 1 aromatic rings. The molecule has 0 bridgehead atoms. The molecule has 0 spiro atoms. The number of imide groups is 2. The average molecular weight is 260 g/mol. The molecule has 4 amide bonds. The number of nitrogens with zero attached hydrogens (tertiary/aromatic N) is 1. The summed E-state index contributed by atoms with van der Waals surface area (Å²) in [6, 6.07) is 2.60. The minimum Gasteiger partial charge on any atom is -0.462 e. The summed E-state index contributed by atoms with van der Waals surface area (Å²) in [4.78, 5) is 36.1. The number of furan rings is 1. The Labute approximate surface area is 109 Å². The van der Waals surface area contributed by atoms with Crippen LogP contribution in [0.15, 0.2) is 34.8 Å². The zero-order valence-corrected chi connectivity index (χ0v) is 10.3. The number of urea groups is 1. The highest BCUT2D eigenvalue weighted by Gasteiger charge is 2.35. The van der Waals surface area contributed by atoms with Crippen LogP contribution in [-0.2, 0) is 9.59 Å². The average Bonchev–Trinajstić information content (AvgIpc) is 2.76. The Hall–Kier alpha value is -2.63. The van der Waals surface area contributed by atoms with Gasteiger partial charge in [-0.1, -0.05) is 6.08 Å². The first kappa shape index (κ1) is 12.8. The van der Waals surface area contributed by atoms with Gasteiger partial charge in [0, 0.05) is 6.54 Å². The van der Waals surface area contributed by atoms with Crippen LogP contribution in [0.2, 0.25) is 0 Å². The van der Waals surface area contributed by atoms with Crippen LogP contribution >= 0.6 is 0 Å². The highest BCUT2D eigenvalue weighted by molar-refractivity contribution is 6.30. The van der Waals surface area contributed by atoms with Crippen molar-refractivity contribution in [2.75, 3.05) is 6.54 Å². The number of barbiturate groups is 1. The first-order chi connectivity index (χ1) is 9.02. The van der Waals surface area contributed by atoms with Crippen LogP contribution in [0.1, 0.15) is 11.5 Å². The third kappa shape index (κ3) is 2.47. The van der Waals surface area contributed by atoms with Crippen molar-refractivity contribution in [3.63, 3.8) is 0 Å². The fraction of sp³-hybridized carbons (Fsp3) is 0.154. The second-order valence-corrected chi connectivity index (χ2v) is 3.97. The molecule has 1 aliphatic heterocycles. The van der Waals surface area contributed by atoms with Gasteiger partial charge in [0.1, 0.15) is 17.1 Å². The number of aryl methyl sites for hydroxylation is 1. The lowest BCUT2D eigenvalue weighted by molar-refractivity contribution is -0.129. The maximum atomic E-state index is 12.0. The van der Waals surface area contributed by atoms with Gasteiger partial charge in [0.25, 0.3) is 11.8 Å². The number of rotatable bonds is 3. The minimum absolute atomic E-state index is 0.0342. The van der Waals surface area contributed by atoms with Crippen LogP contribution in [0, 0.1) is 6.92 Å². The van der Waals surface area contributed by atoms with E-state index in [-0.39, 0.29) is 12.1 Å². The van der Waals surface area contributed by atoms with Gasteiger partial charge in [-0.05, 0) is 25.1 Å². The van der Waals surface area contributed by atoms with E-state index in [4.69, 9.17) is 4.42 Å². The number of hydrogen-bond donors (Lipinski definition) is 1. The first-order valence-electron chi connectivity index (χ1n) is 5.59. The highest BCUT2D eigenvalue weighted by atomic mass is 16.3. The van der Waals surface area contributed by atoms with Crippen molar-refractivity contribution in [3.8, 4) is 0 Å². The summed E-state index contributed by atoms with van der Waals surface area (Å²) in [5.74, 6) is -0.356. The number of hydrogen-bond acceptors (Lipinski definition) is 4. The van der Waals surface area contributed by atoms with E-state index in [9.17, 15) is 14.4 Å². The van der Waals surface area contributed by atoms with Crippen molar-refractivity contribution in [2.45, 2.75) is 6.92 Å². The Kier molecular flexibility index (Phi) is 3.33. The first-order valence-corrected chi connectivity index (χ1v) is 5.59. The monoisotopic (exact) mass is 260 g/mol. The Balaban J connectivity index is 2.35. The van der Waals surface area contributed by atoms with Crippen LogP contribution < -0.4 is 5.32 Å². The second kappa shape index (κ2) is 4.93. The zero-order chi connectivity index (χ0) is 14.0. The molecule has 6 nitrogen and oxygen atoms in total. The summed E-state index contributed by atoms with van der Waals surface area (Å²) in [5, 5.41) is 2.09. The van der Waals surface area contributed by atoms with Crippen molar-refractivity contribution in [2.24, 2.45) is 0 Å². The smallest absolute Gasteiger partial charge is 0.331 e. The zero-order valence-electron chi connectivity index (χ0n) is 10.3. The van der Waals surface area contributed by atoms with Crippen molar-refractivity contribution in [1.29, 1.82) is 0 Å². The molecule has 6 heteroatoms. The molecule has 1 aliphatic rings. The van der Waals surface area contributed by atoms with Crippen LogP contribution in [0.5, 0.6) is 0 Å². The molecule has 1 aromatic heterocycles. The van der Waals surface area contributed by atoms with Crippen LogP contribution in [0.3, 0.4) is 0 Å². The summed E-state index contributed by atoms with van der Waals surface area (Å²) >= 11 is 0. The summed E-state index contributed by atoms with van der Waals surface area (Å²) in [7, 11) is 0. The molecule has 0 saturated carbocycles. The third-order valence-electron chi connectivity index (χ3n) is 2.55. The van der Waals surface area contributed by atoms with Gasteiger partial charge in [-0.2, -0.15) is 0 Å². The second-order valence-electron chi connectivity index (χ2n) is 3.97. The maximum Gasteiger partial charge on any atom is 0.331 e. The lowest BCUT2D eigenvalue weighted by atomic mass is 10.1. The van der Waals surface area contributed by atoms with E-state index in [2.05, 4.69) is 11.9 Å². The van der Waals surface area contributed by atoms with Crippen LogP contribution in [0.25, 0.3) is 6.08 Å². The number of nitrogens with one attached hydrogen (secondary N) is 1. The summed E-state index contributed by atoms with van der Waals surface area (Å²) < 4.78 is 5.27. The maximum absolute atomic E-state index is 12.0. The summed E-state index contributed by atoms with van der Waals surface area (Å²) in [5.41, 5.74) is -0.143. The fourth-order valence-corrected chi connectivity index (χ4v) is 1.66. The molecule has 98 valence electrons. The topological polar surface area (TPSA) is 79.6 Å². The van der Waals surface area contributed by atoms with E-state index in [1.807, 2.05) is 0 Å². The Morgan fingerprint density at radius 3 is 2.68 bits per heavy atom. The molecule has 2 heterocycles. The Morgan fingerprint density at radius 1 is 1.37 bits per heavy atom. The van der Waals surface area contributed by atoms with E-state index in [0.29, 0.717) is 11.5 Å². The van der Waals surface area contributed by atoms with Crippen molar-refractivity contribution >= 4 is 23.9 Å². The van der Waals surface area contributed by atoms with E-state index in [1.165, 1.54) is 12.2 Å². The fourth-order valence-electron chi connectivity index (χ4n) is 1.66. The quantitative estimate of drug-likeness (QED) is 0.503. The van der Waals surface area contributed by atoms with Gasteiger partial charge in [0.2, 0.25) is 0 Å². The Morgan fingerprint density at radius 2 is 2.11 bits per heavy atom. The predicted octanol–water partition coefficient (Wildman–Crippen LogP) is 1.24. The number of carbonyl (C=O) groups is 3. The predicted molar refractivity (Wildman–Crippen MR) is 66.9 cm³/mol. The minimum atomic E-state index is -0.748. The van der Waals surface area contributed by atoms with Crippen LogP contribution in [-0.4, -0.2) is 29.3 Å². The SMILES string of the molecule is C=CCN1C(=O)NC(=O)/C(=C/c2ccc(C)o2)C1=O. The summed E-state index contributed by atoms with van der Waals surface area (Å²) in [6.07, 6.45) is 2.72. The van der Waals surface area contributed by atoms with Crippen molar-refractivity contribution in [3.05, 3.63) is 41.9 Å². The van der Waals surface area contributed by atoms with Gasteiger partial charge < -0.3 is 4.42 Å². The molecule has 19 heavy (non-hydrogen) atoms. The number of carbonyl (C=O) groups excluding carboxylic acids is 3. The molecule has 1 N–H and O–H groups in total.